The van der Waals surface area contributed by atoms with E-state index in [2.05, 4.69) is 20.3 Å². The number of esters is 1. The van der Waals surface area contributed by atoms with Crippen molar-refractivity contribution in [1.29, 1.82) is 0 Å². The molecular weight excluding hydrogens is 308 g/mol. The van der Waals surface area contributed by atoms with Crippen LogP contribution in [-0.2, 0) is 9.53 Å². The van der Waals surface area contributed by atoms with E-state index in [4.69, 9.17) is 4.74 Å². The summed E-state index contributed by atoms with van der Waals surface area (Å²) in [4.78, 5) is 36.5. The van der Waals surface area contributed by atoms with Gasteiger partial charge in [0.25, 0.3) is 5.91 Å². The van der Waals surface area contributed by atoms with Gasteiger partial charge in [-0.15, -0.1) is 0 Å². The average Bonchev–Trinajstić information content (AvgIpc) is 2.59. The number of carbonyl (C=O) groups excluding carboxylic acids is 2. The van der Waals surface area contributed by atoms with Crippen LogP contribution in [0.2, 0.25) is 0 Å². The second-order valence-corrected chi connectivity index (χ2v) is 5.02. The summed E-state index contributed by atoms with van der Waals surface area (Å²) in [5.74, 6) is -0.687. The Morgan fingerprint density at radius 2 is 1.88 bits per heavy atom. The molecule has 0 radical (unpaired) electrons. The van der Waals surface area contributed by atoms with Crippen molar-refractivity contribution in [3.05, 3.63) is 60.0 Å². The van der Waals surface area contributed by atoms with Crippen LogP contribution in [0.4, 0.5) is 5.82 Å². The molecule has 1 amide bonds. The number of hydrogen-bond acceptors (Lipinski definition) is 6. The molecule has 7 heteroatoms. The number of benzene rings is 1. The Bertz CT molecular complexity index is 906. The molecule has 24 heavy (non-hydrogen) atoms. The number of para-hydroxylation sites is 1. The molecule has 2 heterocycles. The van der Waals surface area contributed by atoms with Gasteiger partial charge in [-0.05, 0) is 31.2 Å². The summed E-state index contributed by atoms with van der Waals surface area (Å²) >= 11 is 0. The van der Waals surface area contributed by atoms with Crippen LogP contribution in [-0.4, -0.2) is 33.4 Å². The Labute approximate surface area is 137 Å². The van der Waals surface area contributed by atoms with E-state index in [1.54, 1.807) is 36.5 Å². The zero-order valence-electron chi connectivity index (χ0n) is 12.9. The van der Waals surface area contributed by atoms with Crippen LogP contribution in [0.25, 0.3) is 11.0 Å². The summed E-state index contributed by atoms with van der Waals surface area (Å²) in [7, 11) is 0. The fourth-order valence-electron chi connectivity index (χ4n) is 2.16. The van der Waals surface area contributed by atoms with Gasteiger partial charge in [0.15, 0.2) is 6.61 Å². The van der Waals surface area contributed by atoms with Crippen LogP contribution in [0, 0.1) is 6.92 Å². The van der Waals surface area contributed by atoms with Crippen molar-refractivity contribution >= 4 is 28.7 Å². The molecule has 2 aromatic heterocycles. The highest BCUT2D eigenvalue weighted by atomic mass is 16.5. The number of pyridine rings is 1. The molecule has 0 aliphatic heterocycles. The predicted octanol–water partition coefficient (Wildman–Crippen LogP) is 2.13. The van der Waals surface area contributed by atoms with Gasteiger partial charge in [-0.25, -0.2) is 9.78 Å². The van der Waals surface area contributed by atoms with E-state index in [1.165, 1.54) is 6.20 Å². The fraction of sp³-hybridized carbons (Fsp3) is 0.118. The van der Waals surface area contributed by atoms with Crippen molar-refractivity contribution in [3.63, 3.8) is 0 Å². The van der Waals surface area contributed by atoms with Crippen LogP contribution in [0.5, 0.6) is 0 Å². The minimum atomic E-state index is -0.631. The van der Waals surface area contributed by atoms with Gasteiger partial charge in [0.2, 0.25) is 0 Å². The van der Waals surface area contributed by atoms with Gasteiger partial charge in [-0.2, -0.15) is 0 Å². The lowest BCUT2D eigenvalue weighted by molar-refractivity contribution is -0.119. The third kappa shape index (κ3) is 3.52. The van der Waals surface area contributed by atoms with Gasteiger partial charge >= 0.3 is 5.97 Å². The summed E-state index contributed by atoms with van der Waals surface area (Å²) in [5.41, 5.74) is 2.06. The van der Waals surface area contributed by atoms with Gasteiger partial charge in [0, 0.05) is 18.1 Å². The minimum absolute atomic E-state index is 0.266. The summed E-state index contributed by atoms with van der Waals surface area (Å²) in [6.07, 6.45) is 3.04. The Hall–Kier alpha value is -3.35. The minimum Gasteiger partial charge on any atom is -0.452 e. The number of amides is 1. The number of anilines is 1. The van der Waals surface area contributed by atoms with Gasteiger partial charge < -0.3 is 10.1 Å². The molecule has 120 valence electrons. The molecule has 0 spiro atoms. The molecule has 0 bridgehead atoms. The van der Waals surface area contributed by atoms with E-state index in [-0.39, 0.29) is 5.56 Å². The highest BCUT2D eigenvalue weighted by molar-refractivity contribution is 6.02. The zero-order valence-corrected chi connectivity index (χ0v) is 12.9. The standard InChI is InChI=1S/C17H14N4O3/c1-11-4-2-7-14(20-11)21-15(22)10-24-17(23)12-5-3-6-13-16(12)19-9-8-18-13/h2-9H,10H2,1H3,(H,20,21,22). The van der Waals surface area contributed by atoms with Crippen molar-refractivity contribution in [1.82, 2.24) is 15.0 Å². The first-order valence-corrected chi connectivity index (χ1v) is 7.24. The monoisotopic (exact) mass is 322 g/mol. The van der Waals surface area contributed by atoms with Crippen molar-refractivity contribution in [3.8, 4) is 0 Å². The molecule has 0 fully saturated rings. The van der Waals surface area contributed by atoms with E-state index in [1.807, 2.05) is 13.0 Å². The first kappa shape index (κ1) is 15.5. The normalized spacial score (nSPS) is 10.4. The molecule has 1 aromatic carbocycles. The number of carbonyl (C=O) groups is 2. The van der Waals surface area contributed by atoms with Gasteiger partial charge in [-0.1, -0.05) is 12.1 Å². The van der Waals surface area contributed by atoms with E-state index >= 15 is 0 Å². The molecule has 7 nitrogen and oxygen atoms in total. The number of nitrogens with zero attached hydrogens (tertiary/aromatic N) is 3. The van der Waals surface area contributed by atoms with Gasteiger partial charge in [0.1, 0.15) is 11.3 Å². The maximum absolute atomic E-state index is 12.2. The topological polar surface area (TPSA) is 94.1 Å². The maximum atomic E-state index is 12.2. The summed E-state index contributed by atoms with van der Waals surface area (Å²) < 4.78 is 5.05. The van der Waals surface area contributed by atoms with Crippen LogP contribution in [0.15, 0.2) is 48.8 Å². The molecule has 0 aliphatic rings. The molecule has 1 N–H and O–H groups in total. The van der Waals surface area contributed by atoms with E-state index < -0.39 is 18.5 Å². The SMILES string of the molecule is Cc1cccc(NC(=O)COC(=O)c2cccc3nccnc23)n1. The van der Waals surface area contributed by atoms with Crippen molar-refractivity contribution in [2.45, 2.75) is 6.92 Å². The number of rotatable bonds is 4. The molecule has 0 aliphatic carbocycles. The van der Waals surface area contributed by atoms with Crippen molar-refractivity contribution < 1.29 is 14.3 Å². The Morgan fingerprint density at radius 1 is 1.08 bits per heavy atom. The van der Waals surface area contributed by atoms with Crippen molar-refractivity contribution in [2.24, 2.45) is 0 Å². The second kappa shape index (κ2) is 6.82. The number of aromatic nitrogens is 3. The first-order chi connectivity index (χ1) is 11.6. The average molecular weight is 322 g/mol. The maximum Gasteiger partial charge on any atom is 0.340 e. The molecule has 3 aromatic rings. The third-order valence-corrected chi connectivity index (χ3v) is 3.21. The predicted molar refractivity (Wildman–Crippen MR) is 87.4 cm³/mol. The van der Waals surface area contributed by atoms with Crippen molar-refractivity contribution in [2.75, 3.05) is 11.9 Å². The van der Waals surface area contributed by atoms with E-state index in [0.717, 1.165) is 5.69 Å². The highest BCUT2D eigenvalue weighted by Gasteiger charge is 2.14. The number of fused-ring (bicyclic) bond motifs is 1. The summed E-state index contributed by atoms with van der Waals surface area (Å²) in [6, 6.07) is 10.3. The number of aryl methyl sites for hydroxylation is 1. The highest BCUT2D eigenvalue weighted by Crippen LogP contribution is 2.14. The first-order valence-electron chi connectivity index (χ1n) is 7.24. The molecule has 0 atom stereocenters. The molecule has 0 saturated heterocycles. The Balaban J connectivity index is 1.65. The lowest BCUT2D eigenvalue weighted by Gasteiger charge is -2.07. The van der Waals surface area contributed by atoms with Crippen LogP contribution < -0.4 is 5.32 Å². The molecule has 3 rings (SSSR count). The summed E-state index contributed by atoms with van der Waals surface area (Å²) in [5, 5.41) is 2.57. The molecule has 0 unspecified atom stereocenters. The molecule has 0 saturated carbocycles. The Morgan fingerprint density at radius 3 is 2.71 bits per heavy atom. The third-order valence-electron chi connectivity index (χ3n) is 3.21. The van der Waals surface area contributed by atoms with E-state index in [0.29, 0.717) is 16.9 Å². The largest absolute Gasteiger partial charge is 0.452 e. The lowest BCUT2D eigenvalue weighted by Crippen LogP contribution is -2.21. The van der Waals surface area contributed by atoms with Gasteiger partial charge in [0.05, 0.1) is 11.1 Å². The summed E-state index contributed by atoms with van der Waals surface area (Å²) in [6.45, 7) is 1.41. The second-order valence-electron chi connectivity index (χ2n) is 5.02. The van der Waals surface area contributed by atoms with E-state index in [9.17, 15) is 9.59 Å². The fourth-order valence-corrected chi connectivity index (χ4v) is 2.16. The quantitative estimate of drug-likeness (QED) is 0.740. The zero-order chi connectivity index (χ0) is 16.9. The Kier molecular flexibility index (Phi) is 4.42. The van der Waals surface area contributed by atoms with Gasteiger partial charge in [-0.3, -0.25) is 14.8 Å². The lowest BCUT2D eigenvalue weighted by atomic mass is 10.2. The number of nitrogens with one attached hydrogen (secondary N) is 1. The van der Waals surface area contributed by atoms with Crippen LogP contribution >= 0.6 is 0 Å². The van der Waals surface area contributed by atoms with Crippen LogP contribution in [0.3, 0.4) is 0 Å². The number of ether oxygens (including phenoxy) is 1. The van der Waals surface area contributed by atoms with Crippen LogP contribution in [0.1, 0.15) is 16.1 Å². The number of hydrogen-bond donors (Lipinski definition) is 1. The molecular formula is C17H14N4O3. The smallest absolute Gasteiger partial charge is 0.340 e.